The van der Waals surface area contributed by atoms with E-state index in [0.717, 1.165) is 18.3 Å². The molecule has 2 fully saturated rings. The quantitative estimate of drug-likeness (QED) is 0.871. The first-order chi connectivity index (χ1) is 8.15. The monoisotopic (exact) mass is 235 g/mol. The summed E-state index contributed by atoms with van der Waals surface area (Å²) in [4.78, 5) is 4.49. The molecule has 0 aliphatic heterocycles. The predicted molar refractivity (Wildman–Crippen MR) is 64.5 cm³/mol. The van der Waals surface area contributed by atoms with E-state index in [9.17, 15) is 0 Å². The van der Waals surface area contributed by atoms with Crippen LogP contribution in [0.5, 0.6) is 0 Å². The molecule has 1 heterocycles. The summed E-state index contributed by atoms with van der Waals surface area (Å²) in [5.74, 6) is 2.15. The Kier molecular flexibility index (Phi) is 2.69. The highest BCUT2D eigenvalue weighted by molar-refractivity contribution is 5.14. The van der Waals surface area contributed by atoms with E-state index in [-0.39, 0.29) is 0 Å². The van der Waals surface area contributed by atoms with Crippen LogP contribution >= 0.6 is 0 Å². The molecule has 1 unspecified atom stereocenters. The van der Waals surface area contributed by atoms with Gasteiger partial charge in [-0.2, -0.15) is 4.98 Å². The summed E-state index contributed by atoms with van der Waals surface area (Å²) in [6.45, 7) is 5.24. The second-order valence-corrected chi connectivity index (χ2v) is 6.15. The fraction of sp³-hybridized carbons (Fsp3) is 0.846. The lowest BCUT2D eigenvalue weighted by atomic mass is 10.1. The highest BCUT2D eigenvalue weighted by Crippen LogP contribution is 2.57. The van der Waals surface area contributed by atoms with Crippen molar-refractivity contribution < 1.29 is 4.52 Å². The first-order valence-electron chi connectivity index (χ1n) is 6.71. The number of nitrogens with zero attached hydrogens (tertiary/aromatic N) is 2. The normalized spacial score (nSPS) is 27.5. The Labute approximate surface area is 102 Å². The van der Waals surface area contributed by atoms with Crippen molar-refractivity contribution in [3.63, 3.8) is 0 Å². The summed E-state index contributed by atoms with van der Waals surface area (Å²) in [7, 11) is 0. The van der Waals surface area contributed by atoms with Gasteiger partial charge in [-0.3, -0.25) is 0 Å². The van der Waals surface area contributed by atoms with Gasteiger partial charge in [0.1, 0.15) is 0 Å². The third kappa shape index (κ3) is 2.37. The average molecular weight is 235 g/mol. The zero-order valence-corrected chi connectivity index (χ0v) is 10.7. The van der Waals surface area contributed by atoms with Gasteiger partial charge < -0.3 is 9.84 Å². The molecule has 2 saturated carbocycles. The fourth-order valence-electron chi connectivity index (χ4n) is 2.75. The minimum atomic E-state index is 0.375. The molecule has 4 heteroatoms. The Morgan fingerprint density at radius 3 is 2.71 bits per heavy atom. The van der Waals surface area contributed by atoms with E-state index in [2.05, 4.69) is 29.3 Å². The molecule has 2 aliphatic carbocycles. The summed E-state index contributed by atoms with van der Waals surface area (Å²) in [6, 6.07) is 0.655. The lowest BCUT2D eigenvalue weighted by Crippen LogP contribution is -2.25. The van der Waals surface area contributed by atoms with Gasteiger partial charge in [-0.25, -0.2) is 0 Å². The summed E-state index contributed by atoms with van der Waals surface area (Å²) < 4.78 is 5.30. The van der Waals surface area contributed by atoms with Crippen molar-refractivity contribution in [2.24, 2.45) is 5.41 Å². The van der Waals surface area contributed by atoms with Crippen molar-refractivity contribution >= 4 is 0 Å². The van der Waals surface area contributed by atoms with E-state index < -0.39 is 0 Å². The Bertz CT molecular complexity index is 393. The van der Waals surface area contributed by atoms with Crippen LogP contribution in [0.15, 0.2) is 4.52 Å². The fourth-order valence-corrected chi connectivity index (χ4v) is 2.75. The van der Waals surface area contributed by atoms with Crippen LogP contribution in [0.3, 0.4) is 0 Å². The summed E-state index contributed by atoms with van der Waals surface area (Å²) in [6.07, 6.45) is 6.46. The van der Waals surface area contributed by atoms with Crippen molar-refractivity contribution in [3.8, 4) is 0 Å². The van der Waals surface area contributed by atoms with Crippen molar-refractivity contribution in [3.05, 3.63) is 11.7 Å². The number of hydrogen-bond acceptors (Lipinski definition) is 4. The number of aromatic nitrogens is 2. The first kappa shape index (κ1) is 11.2. The van der Waals surface area contributed by atoms with Crippen LogP contribution in [0.2, 0.25) is 0 Å². The van der Waals surface area contributed by atoms with Crippen LogP contribution in [0.4, 0.5) is 0 Å². The van der Waals surface area contributed by atoms with Crippen molar-refractivity contribution in [2.75, 3.05) is 0 Å². The lowest BCUT2D eigenvalue weighted by Gasteiger charge is -2.08. The molecular formula is C13H21N3O. The van der Waals surface area contributed by atoms with E-state index in [0.29, 0.717) is 17.4 Å². The minimum absolute atomic E-state index is 0.375. The summed E-state index contributed by atoms with van der Waals surface area (Å²) in [5.41, 5.74) is 0.375. The van der Waals surface area contributed by atoms with E-state index >= 15 is 0 Å². The number of hydrogen-bond donors (Lipinski definition) is 1. The van der Waals surface area contributed by atoms with E-state index in [1.54, 1.807) is 0 Å². The van der Waals surface area contributed by atoms with Crippen LogP contribution in [0, 0.1) is 5.41 Å². The maximum absolute atomic E-state index is 5.30. The molecule has 1 aromatic rings. The van der Waals surface area contributed by atoms with Crippen LogP contribution in [-0.2, 0) is 6.54 Å². The van der Waals surface area contributed by atoms with Crippen molar-refractivity contribution in [2.45, 2.75) is 64.5 Å². The van der Waals surface area contributed by atoms with E-state index in [4.69, 9.17) is 4.52 Å². The SMILES string of the molecule is CC1(C)CC1c1noc(CNC2CCCC2)n1. The largest absolute Gasteiger partial charge is 0.338 e. The summed E-state index contributed by atoms with van der Waals surface area (Å²) in [5, 5.41) is 7.59. The van der Waals surface area contributed by atoms with E-state index in [1.165, 1.54) is 32.1 Å². The predicted octanol–water partition coefficient (Wildman–Crippen LogP) is 2.62. The first-order valence-corrected chi connectivity index (χ1v) is 6.71. The van der Waals surface area contributed by atoms with Crippen LogP contribution in [-0.4, -0.2) is 16.2 Å². The molecule has 1 atom stereocenters. The smallest absolute Gasteiger partial charge is 0.240 e. The molecule has 2 aliphatic rings. The number of nitrogens with one attached hydrogen (secondary N) is 1. The van der Waals surface area contributed by atoms with Crippen molar-refractivity contribution in [1.82, 2.24) is 15.5 Å². The molecule has 0 bridgehead atoms. The molecule has 17 heavy (non-hydrogen) atoms. The molecule has 4 nitrogen and oxygen atoms in total. The standard InChI is InChI=1S/C13H21N3O/c1-13(2)7-10(13)12-15-11(17-16-12)8-14-9-5-3-4-6-9/h9-10,14H,3-8H2,1-2H3. The minimum Gasteiger partial charge on any atom is -0.338 e. The zero-order valence-electron chi connectivity index (χ0n) is 10.7. The average Bonchev–Trinajstić information content (AvgIpc) is 2.81. The second kappa shape index (κ2) is 4.09. The number of rotatable bonds is 4. The molecule has 3 rings (SSSR count). The molecule has 1 aromatic heterocycles. The van der Waals surface area contributed by atoms with E-state index in [1.807, 2.05) is 0 Å². The zero-order chi connectivity index (χ0) is 11.9. The highest BCUT2D eigenvalue weighted by atomic mass is 16.5. The van der Waals surface area contributed by atoms with Crippen LogP contribution < -0.4 is 5.32 Å². The van der Waals surface area contributed by atoms with Gasteiger partial charge in [0, 0.05) is 12.0 Å². The van der Waals surface area contributed by atoms with Gasteiger partial charge in [-0.1, -0.05) is 31.8 Å². The van der Waals surface area contributed by atoms with Gasteiger partial charge in [0.15, 0.2) is 5.82 Å². The Morgan fingerprint density at radius 2 is 2.06 bits per heavy atom. The third-order valence-corrected chi connectivity index (χ3v) is 4.21. The van der Waals surface area contributed by atoms with Gasteiger partial charge in [0.2, 0.25) is 5.89 Å². The van der Waals surface area contributed by atoms with Crippen LogP contribution in [0.25, 0.3) is 0 Å². The molecule has 1 N–H and O–H groups in total. The van der Waals surface area contributed by atoms with Gasteiger partial charge in [-0.15, -0.1) is 0 Å². The van der Waals surface area contributed by atoms with Gasteiger partial charge in [-0.05, 0) is 24.7 Å². The summed E-state index contributed by atoms with van der Waals surface area (Å²) >= 11 is 0. The Hall–Kier alpha value is -0.900. The maximum Gasteiger partial charge on any atom is 0.240 e. The van der Waals surface area contributed by atoms with Crippen LogP contribution in [0.1, 0.15) is 63.6 Å². The maximum atomic E-state index is 5.30. The third-order valence-electron chi connectivity index (χ3n) is 4.21. The lowest BCUT2D eigenvalue weighted by molar-refractivity contribution is 0.352. The second-order valence-electron chi connectivity index (χ2n) is 6.15. The molecule has 0 saturated heterocycles. The molecule has 0 radical (unpaired) electrons. The molecule has 0 spiro atoms. The Morgan fingerprint density at radius 1 is 1.35 bits per heavy atom. The molecule has 94 valence electrons. The van der Waals surface area contributed by atoms with Crippen molar-refractivity contribution in [1.29, 1.82) is 0 Å². The molecule has 0 amide bonds. The van der Waals surface area contributed by atoms with Gasteiger partial charge in [0.05, 0.1) is 6.54 Å². The molecular weight excluding hydrogens is 214 g/mol. The Balaban J connectivity index is 1.54. The van der Waals surface area contributed by atoms with Gasteiger partial charge in [0.25, 0.3) is 0 Å². The highest BCUT2D eigenvalue weighted by Gasteiger charge is 2.49. The van der Waals surface area contributed by atoms with Gasteiger partial charge >= 0.3 is 0 Å². The molecule has 0 aromatic carbocycles. The topological polar surface area (TPSA) is 51.0 Å².